The first-order chi connectivity index (χ1) is 18.8. The summed E-state index contributed by atoms with van der Waals surface area (Å²) in [6.07, 6.45) is 0.196. The van der Waals surface area contributed by atoms with E-state index in [2.05, 4.69) is 5.32 Å². The summed E-state index contributed by atoms with van der Waals surface area (Å²) in [6.45, 7) is 4.87. The number of carbonyl (C=O) groups is 2. The zero-order valence-electron chi connectivity index (χ0n) is 23.5. The third-order valence-electron chi connectivity index (χ3n) is 6.10. The maximum atomic E-state index is 14.9. The van der Waals surface area contributed by atoms with E-state index in [0.29, 0.717) is 0 Å². The summed E-state index contributed by atoms with van der Waals surface area (Å²) in [5, 5.41) is 2.97. The molecule has 3 aromatic carbocycles. The number of nitrogens with zero attached hydrogens (tertiary/aromatic N) is 3. The maximum Gasteiger partial charge on any atom is 0.304 e. The fourth-order valence-electron chi connectivity index (χ4n) is 4.14. The number of amides is 2. The van der Waals surface area contributed by atoms with Crippen molar-refractivity contribution >= 4 is 27.7 Å². The van der Waals surface area contributed by atoms with Gasteiger partial charge in [0.05, 0.1) is 5.69 Å². The largest absolute Gasteiger partial charge is 0.350 e. The molecular weight excluding hydrogens is 531 g/mol. The zero-order valence-corrected chi connectivity index (χ0v) is 24.4. The molecule has 1 atom stereocenters. The van der Waals surface area contributed by atoms with E-state index in [0.717, 1.165) is 25.8 Å². The van der Waals surface area contributed by atoms with Gasteiger partial charge >= 0.3 is 10.2 Å². The van der Waals surface area contributed by atoms with E-state index in [9.17, 15) is 22.4 Å². The molecule has 0 saturated heterocycles. The highest BCUT2D eigenvalue weighted by atomic mass is 32.2. The predicted molar refractivity (Wildman–Crippen MR) is 155 cm³/mol. The minimum Gasteiger partial charge on any atom is -0.350 e. The monoisotopic (exact) mass is 568 g/mol. The van der Waals surface area contributed by atoms with Crippen LogP contribution >= 0.6 is 0 Å². The molecule has 0 heterocycles. The van der Waals surface area contributed by atoms with E-state index < -0.39 is 40.1 Å². The second-order valence-electron chi connectivity index (χ2n) is 10.7. The van der Waals surface area contributed by atoms with Crippen LogP contribution in [0.3, 0.4) is 0 Å². The van der Waals surface area contributed by atoms with Crippen LogP contribution in [0.1, 0.15) is 31.9 Å². The summed E-state index contributed by atoms with van der Waals surface area (Å²) in [5.41, 5.74) is 0.739. The molecule has 0 spiro atoms. The van der Waals surface area contributed by atoms with Gasteiger partial charge in [-0.25, -0.2) is 8.70 Å². The van der Waals surface area contributed by atoms with Crippen LogP contribution in [-0.4, -0.2) is 61.7 Å². The summed E-state index contributed by atoms with van der Waals surface area (Å²) in [4.78, 5) is 29.2. The predicted octanol–water partition coefficient (Wildman–Crippen LogP) is 3.99. The van der Waals surface area contributed by atoms with Crippen molar-refractivity contribution in [1.82, 2.24) is 14.5 Å². The van der Waals surface area contributed by atoms with Crippen molar-refractivity contribution in [3.8, 4) is 0 Å². The molecule has 214 valence electrons. The summed E-state index contributed by atoms with van der Waals surface area (Å²) >= 11 is 0. The van der Waals surface area contributed by atoms with Crippen LogP contribution in [0, 0.1) is 5.82 Å². The lowest BCUT2D eigenvalue weighted by Gasteiger charge is -2.35. The van der Waals surface area contributed by atoms with Gasteiger partial charge in [0.15, 0.2) is 0 Å². The first-order valence-corrected chi connectivity index (χ1v) is 14.3. The fraction of sp³-hybridized carbons (Fsp3) is 0.333. The van der Waals surface area contributed by atoms with E-state index in [1.54, 1.807) is 0 Å². The minimum atomic E-state index is -4.27. The Morgan fingerprint density at radius 2 is 1.38 bits per heavy atom. The number of benzene rings is 3. The van der Waals surface area contributed by atoms with Gasteiger partial charge in [0.2, 0.25) is 11.8 Å². The van der Waals surface area contributed by atoms with Crippen molar-refractivity contribution < 1.29 is 22.4 Å². The normalized spacial score (nSPS) is 12.6. The lowest BCUT2D eigenvalue weighted by Crippen LogP contribution is -2.56. The average molecular weight is 569 g/mol. The number of rotatable bonds is 11. The summed E-state index contributed by atoms with van der Waals surface area (Å²) in [5.74, 6) is -1.82. The molecule has 1 N–H and O–H groups in total. The molecule has 0 aliphatic carbocycles. The van der Waals surface area contributed by atoms with Crippen LogP contribution < -0.4 is 9.62 Å². The molecular formula is C30H37FN4O4S. The standard InChI is InChI=1S/C30H37FN4O4S/c1-30(2,3)32-29(37)27(20-23-14-8-6-9-15-23)34(21-24-16-10-7-11-17-24)28(36)22-35(40(38,39)33(4)5)26-19-13-12-18-25(26)31/h6-19,27H,20-22H2,1-5H3,(H,32,37)/t27-/m0/s1. The van der Waals surface area contributed by atoms with E-state index in [-0.39, 0.29) is 24.6 Å². The van der Waals surface area contributed by atoms with Gasteiger partial charge in [-0.15, -0.1) is 0 Å². The van der Waals surface area contributed by atoms with Gasteiger partial charge in [0, 0.05) is 32.6 Å². The van der Waals surface area contributed by atoms with Gasteiger partial charge in [0.1, 0.15) is 18.4 Å². The minimum absolute atomic E-state index is 0.0435. The van der Waals surface area contributed by atoms with E-state index in [1.807, 2.05) is 81.4 Å². The van der Waals surface area contributed by atoms with Crippen molar-refractivity contribution in [2.24, 2.45) is 0 Å². The summed E-state index contributed by atoms with van der Waals surface area (Å²) in [7, 11) is -1.65. The third-order valence-corrected chi connectivity index (χ3v) is 7.91. The number of halogens is 1. The van der Waals surface area contributed by atoms with Gasteiger partial charge in [0.25, 0.3) is 0 Å². The molecule has 2 amide bonds. The van der Waals surface area contributed by atoms with Crippen molar-refractivity contribution in [2.75, 3.05) is 24.9 Å². The van der Waals surface area contributed by atoms with E-state index in [1.165, 1.54) is 37.2 Å². The van der Waals surface area contributed by atoms with Crippen LogP contribution in [0.5, 0.6) is 0 Å². The Bertz CT molecular complexity index is 1390. The molecule has 10 heteroatoms. The smallest absolute Gasteiger partial charge is 0.304 e. The van der Waals surface area contributed by atoms with Crippen LogP contribution in [0.2, 0.25) is 0 Å². The lowest BCUT2D eigenvalue weighted by atomic mass is 10.0. The van der Waals surface area contributed by atoms with Crippen molar-refractivity contribution in [3.63, 3.8) is 0 Å². The topological polar surface area (TPSA) is 90.0 Å². The third kappa shape index (κ3) is 8.12. The van der Waals surface area contributed by atoms with Crippen LogP contribution in [0.15, 0.2) is 84.9 Å². The fourth-order valence-corrected chi connectivity index (χ4v) is 5.21. The van der Waals surface area contributed by atoms with E-state index >= 15 is 0 Å². The second-order valence-corrected chi connectivity index (χ2v) is 12.8. The van der Waals surface area contributed by atoms with Crippen LogP contribution in [0.4, 0.5) is 10.1 Å². The Hall–Kier alpha value is -3.76. The van der Waals surface area contributed by atoms with Crippen molar-refractivity contribution in [3.05, 3.63) is 102 Å². The van der Waals surface area contributed by atoms with Gasteiger partial charge in [-0.05, 0) is 44.0 Å². The van der Waals surface area contributed by atoms with Crippen LogP contribution in [-0.2, 0) is 32.8 Å². The number of carbonyl (C=O) groups excluding carboxylic acids is 2. The highest BCUT2D eigenvalue weighted by molar-refractivity contribution is 7.90. The Kier molecular flexibility index (Phi) is 10.1. The number of hydrogen-bond acceptors (Lipinski definition) is 4. The molecule has 0 aliphatic heterocycles. The van der Waals surface area contributed by atoms with E-state index in [4.69, 9.17) is 0 Å². The quantitative estimate of drug-likeness (QED) is 0.379. The molecule has 0 aromatic heterocycles. The Morgan fingerprint density at radius 3 is 1.90 bits per heavy atom. The molecule has 0 radical (unpaired) electrons. The Balaban J connectivity index is 2.10. The number of anilines is 1. The molecule has 0 unspecified atom stereocenters. The van der Waals surface area contributed by atoms with Gasteiger partial charge in [-0.1, -0.05) is 72.8 Å². The molecule has 0 saturated carbocycles. The van der Waals surface area contributed by atoms with Gasteiger partial charge in [-0.2, -0.15) is 12.7 Å². The van der Waals surface area contributed by atoms with Gasteiger partial charge in [-0.3, -0.25) is 9.59 Å². The number of hydrogen-bond donors (Lipinski definition) is 1. The molecule has 40 heavy (non-hydrogen) atoms. The Morgan fingerprint density at radius 1 is 0.850 bits per heavy atom. The second kappa shape index (κ2) is 13.1. The number of nitrogens with one attached hydrogen (secondary N) is 1. The summed E-state index contributed by atoms with van der Waals surface area (Å²) in [6, 6.07) is 22.8. The molecule has 0 fully saturated rings. The zero-order chi connectivity index (χ0) is 29.5. The molecule has 0 aliphatic rings. The van der Waals surface area contributed by atoms with Gasteiger partial charge < -0.3 is 10.2 Å². The first kappa shape index (κ1) is 30.8. The average Bonchev–Trinajstić information content (AvgIpc) is 2.89. The highest BCUT2D eigenvalue weighted by Crippen LogP contribution is 2.24. The molecule has 0 bridgehead atoms. The molecule has 3 aromatic rings. The molecule has 8 nitrogen and oxygen atoms in total. The lowest BCUT2D eigenvalue weighted by molar-refractivity contribution is -0.140. The Labute approximate surface area is 236 Å². The SMILES string of the molecule is CN(C)S(=O)(=O)N(CC(=O)N(Cc1ccccc1)[C@@H](Cc1ccccc1)C(=O)NC(C)(C)C)c1ccccc1F. The van der Waals surface area contributed by atoms with Crippen molar-refractivity contribution in [1.29, 1.82) is 0 Å². The number of para-hydroxylation sites is 1. The van der Waals surface area contributed by atoms with Crippen LogP contribution in [0.25, 0.3) is 0 Å². The summed E-state index contributed by atoms with van der Waals surface area (Å²) < 4.78 is 43.2. The first-order valence-electron chi connectivity index (χ1n) is 12.9. The van der Waals surface area contributed by atoms with Crippen molar-refractivity contribution in [2.45, 2.75) is 45.3 Å². The molecule has 3 rings (SSSR count). The maximum absolute atomic E-state index is 14.9. The highest BCUT2D eigenvalue weighted by Gasteiger charge is 2.36.